The van der Waals surface area contributed by atoms with Gasteiger partial charge < -0.3 is 24.4 Å². The molecule has 2 aromatic carbocycles. The molecule has 3 fully saturated rings. The predicted molar refractivity (Wildman–Crippen MR) is 149 cm³/mol. The molecule has 0 radical (unpaired) electrons. The van der Waals surface area contributed by atoms with Crippen LogP contribution in [0.1, 0.15) is 54.1 Å². The minimum atomic E-state index is -4.58. The second kappa shape index (κ2) is 11.1. The first-order valence-electron chi connectivity index (χ1n) is 14.4. The minimum absolute atomic E-state index is 0.0246. The van der Waals surface area contributed by atoms with Crippen molar-refractivity contribution in [3.05, 3.63) is 57.9 Å². The summed E-state index contributed by atoms with van der Waals surface area (Å²) in [4.78, 5) is 31.1. The number of halogens is 5. The molecule has 3 atom stereocenters. The number of ether oxygens (including phenoxy) is 2. The first kappa shape index (κ1) is 30.0. The van der Waals surface area contributed by atoms with E-state index in [1.54, 1.807) is 6.07 Å². The van der Waals surface area contributed by atoms with Gasteiger partial charge in [0.2, 0.25) is 0 Å². The van der Waals surface area contributed by atoms with Crippen LogP contribution in [0, 0.1) is 11.7 Å². The fourth-order valence-electron chi connectivity index (χ4n) is 6.73. The second-order valence-corrected chi connectivity index (χ2v) is 12.3. The fourth-order valence-corrected chi connectivity index (χ4v) is 7.02. The number of piperazine rings is 1. The molecule has 232 valence electrons. The van der Waals surface area contributed by atoms with Crippen molar-refractivity contribution in [3.63, 3.8) is 0 Å². The van der Waals surface area contributed by atoms with Crippen LogP contribution in [0.3, 0.4) is 0 Å². The Labute approximate surface area is 251 Å². The maximum Gasteiger partial charge on any atom is 0.416 e. The zero-order valence-corrected chi connectivity index (χ0v) is 24.3. The number of carboxylic acids is 1. The van der Waals surface area contributed by atoms with Crippen molar-refractivity contribution in [1.82, 2.24) is 9.80 Å². The van der Waals surface area contributed by atoms with Crippen molar-refractivity contribution in [2.45, 2.75) is 63.0 Å². The van der Waals surface area contributed by atoms with Crippen LogP contribution in [-0.2, 0) is 22.3 Å². The van der Waals surface area contributed by atoms with Crippen molar-refractivity contribution in [1.29, 1.82) is 0 Å². The number of nitrogens with zero attached hydrogens (tertiary/aromatic N) is 3. The topological polar surface area (TPSA) is 82.6 Å². The second-order valence-electron chi connectivity index (χ2n) is 11.9. The monoisotopic (exact) mass is 625 g/mol. The summed E-state index contributed by atoms with van der Waals surface area (Å²) in [5.74, 6) is -2.14. The number of benzene rings is 2. The highest BCUT2D eigenvalue weighted by Crippen LogP contribution is 2.49. The Hall–Kier alpha value is -3.09. The number of carboxylic acid groups (broad SMARTS) is 1. The lowest BCUT2D eigenvalue weighted by Gasteiger charge is -2.48. The van der Waals surface area contributed by atoms with Gasteiger partial charge in [-0.2, -0.15) is 13.2 Å². The summed E-state index contributed by atoms with van der Waals surface area (Å²) in [7, 11) is 0. The molecular formula is C30H32ClF4N3O5. The van der Waals surface area contributed by atoms with Crippen LogP contribution in [0.25, 0.3) is 0 Å². The molecule has 8 nitrogen and oxygen atoms in total. The lowest BCUT2D eigenvalue weighted by atomic mass is 9.85. The van der Waals surface area contributed by atoms with Crippen LogP contribution in [0.2, 0.25) is 5.02 Å². The van der Waals surface area contributed by atoms with E-state index in [1.807, 2.05) is 6.92 Å². The van der Waals surface area contributed by atoms with Gasteiger partial charge >= 0.3 is 12.1 Å². The van der Waals surface area contributed by atoms with Crippen LogP contribution >= 0.6 is 11.6 Å². The summed E-state index contributed by atoms with van der Waals surface area (Å²) < 4.78 is 66.3. The third-order valence-corrected chi connectivity index (χ3v) is 9.41. The number of rotatable bonds is 5. The number of carbonyl (C=O) groups excluding carboxylic acids is 1. The highest BCUT2D eigenvalue weighted by molar-refractivity contribution is 6.32. The lowest BCUT2D eigenvalue weighted by molar-refractivity contribution is -0.180. The molecule has 3 aliphatic heterocycles. The third kappa shape index (κ3) is 5.64. The van der Waals surface area contributed by atoms with Crippen molar-refractivity contribution >= 4 is 29.2 Å². The van der Waals surface area contributed by atoms with Crippen molar-refractivity contribution in [2.75, 3.05) is 37.9 Å². The quantitative estimate of drug-likeness (QED) is 0.445. The molecule has 1 saturated carbocycles. The molecule has 0 unspecified atom stereocenters. The number of aromatic carboxylic acids is 1. The van der Waals surface area contributed by atoms with Gasteiger partial charge in [0.15, 0.2) is 6.73 Å². The molecule has 43 heavy (non-hydrogen) atoms. The van der Waals surface area contributed by atoms with Crippen molar-refractivity contribution in [2.24, 2.45) is 5.92 Å². The van der Waals surface area contributed by atoms with Crippen LogP contribution in [0.15, 0.2) is 30.3 Å². The summed E-state index contributed by atoms with van der Waals surface area (Å²) in [5, 5.41) is 9.17. The Balaban J connectivity index is 1.11. The molecule has 4 aliphatic rings. The van der Waals surface area contributed by atoms with E-state index in [4.69, 9.17) is 21.1 Å². The molecule has 1 amide bonds. The van der Waals surface area contributed by atoms with E-state index in [0.717, 1.165) is 25.0 Å². The highest BCUT2D eigenvalue weighted by Gasteiger charge is 2.56. The largest absolute Gasteiger partial charge is 0.478 e. The number of hydrogen-bond donors (Lipinski definition) is 1. The van der Waals surface area contributed by atoms with Crippen molar-refractivity contribution < 1.29 is 41.7 Å². The van der Waals surface area contributed by atoms with Gasteiger partial charge in [-0.25, -0.2) is 9.18 Å². The summed E-state index contributed by atoms with van der Waals surface area (Å²) in [6.07, 6.45) is -1.69. The van der Waals surface area contributed by atoms with Crippen LogP contribution < -0.4 is 9.64 Å². The standard InChI is InChI=1S/C30H32ClF4N3O5/c1-17-13-36(8-9-38(17)21-4-5-25(32)23(12-21)27(39)40)22-6-7-29(43-15-22,19-2-3-19)28(41)37-14-18-10-20(30(33,34)35)11-24(31)26(18)42-16-37/h4-5,10-12,17,19,22H,2-3,6-9,13-16H2,1H3,(H,39,40)/t17-,22+,29-/m0/s1. The zero-order valence-electron chi connectivity index (χ0n) is 23.5. The maximum absolute atomic E-state index is 13.9. The lowest BCUT2D eigenvalue weighted by Crippen LogP contribution is -2.61. The van der Waals surface area contributed by atoms with Gasteiger partial charge in [0.05, 0.1) is 29.3 Å². The maximum atomic E-state index is 13.9. The van der Waals surface area contributed by atoms with E-state index in [2.05, 4.69) is 9.80 Å². The average Bonchev–Trinajstić information content (AvgIpc) is 3.82. The Morgan fingerprint density at radius 3 is 2.51 bits per heavy atom. The first-order chi connectivity index (χ1) is 20.4. The van der Waals surface area contributed by atoms with Crippen LogP contribution in [0.5, 0.6) is 5.75 Å². The summed E-state index contributed by atoms with van der Waals surface area (Å²) in [6, 6.07) is 6.04. The van der Waals surface area contributed by atoms with Gasteiger partial charge in [-0.1, -0.05) is 11.6 Å². The fraction of sp³-hybridized carbons (Fsp3) is 0.533. The molecule has 0 spiro atoms. The normalized spacial score (nSPS) is 26.6. The van der Waals surface area contributed by atoms with Gasteiger partial charge in [0, 0.05) is 43.0 Å². The molecule has 2 saturated heterocycles. The van der Waals surface area contributed by atoms with Gasteiger partial charge in [-0.15, -0.1) is 0 Å². The molecule has 3 heterocycles. The number of carbonyl (C=O) groups is 2. The number of alkyl halides is 3. The van der Waals surface area contributed by atoms with E-state index >= 15 is 0 Å². The van der Waals surface area contributed by atoms with E-state index in [1.165, 1.54) is 17.0 Å². The smallest absolute Gasteiger partial charge is 0.416 e. The predicted octanol–water partition coefficient (Wildman–Crippen LogP) is 5.41. The van der Waals surface area contributed by atoms with Gasteiger partial charge in [-0.05, 0) is 68.9 Å². The van der Waals surface area contributed by atoms with E-state index in [0.29, 0.717) is 44.8 Å². The zero-order chi connectivity index (χ0) is 30.7. The Morgan fingerprint density at radius 2 is 1.88 bits per heavy atom. The third-order valence-electron chi connectivity index (χ3n) is 9.13. The molecule has 1 aliphatic carbocycles. The number of amides is 1. The molecule has 1 N–H and O–H groups in total. The molecule has 2 aromatic rings. The van der Waals surface area contributed by atoms with E-state index in [-0.39, 0.29) is 59.1 Å². The highest BCUT2D eigenvalue weighted by atomic mass is 35.5. The minimum Gasteiger partial charge on any atom is -0.478 e. The number of hydrogen-bond acceptors (Lipinski definition) is 6. The van der Waals surface area contributed by atoms with Crippen LogP contribution in [0.4, 0.5) is 23.2 Å². The number of fused-ring (bicyclic) bond motifs is 1. The molecule has 6 rings (SSSR count). The molecule has 0 aromatic heterocycles. The Bertz CT molecular complexity index is 1430. The van der Waals surface area contributed by atoms with Crippen molar-refractivity contribution in [3.8, 4) is 5.75 Å². The summed E-state index contributed by atoms with van der Waals surface area (Å²) in [5.41, 5.74) is -1.43. The Morgan fingerprint density at radius 1 is 1.12 bits per heavy atom. The average molecular weight is 626 g/mol. The molecule has 13 heteroatoms. The molecular weight excluding hydrogens is 594 g/mol. The number of anilines is 1. The van der Waals surface area contributed by atoms with E-state index in [9.17, 15) is 32.3 Å². The summed E-state index contributed by atoms with van der Waals surface area (Å²) in [6.45, 7) is 4.17. The summed E-state index contributed by atoms with van der Waals surface area (Å²) >= 11 is 6.09. The molecule has 0 bridgehead atoms. The van der Waals surface area contributed by atoms with Crippen LogP contribution in [-0.4, -0.2) is 77.4 Å². The van der Waals surface area contributed by atoms with Gasteiger partial charge in [-0.3, -0.25) is 9.69 Å². The van der Waals surface area contributed by atoms with E-state index < -0.39 is 29.1 Å². The van der Waals surface area contributed by atoms with Gasteiger partial charge in [0.1, 0.15) is 17.2 Å². The Kier molecular flexibility index (Phi) is 7.75. The first-order valence-corrected chi connectivity index (χ1v) is 14.7. The van der Waals surface area contributed by atoms with Gasteiger partial charge in [0.25, 0.3) is 5.91 Å². The SMILES string of the molecule is C[C@H]1CN([C@@H]2CC[C@@](C(=O)N3COc4c(Cl)cc(C(F)(F)F)cc4C3)(C3CC3)OC2)CCN1c1ccc(F)c(C(=O)O)c1.